The van der Waals surface area contributed by atoms with Gasteiger partial charge in [-0.3, -0.25) is 9.59 Å². The Balaban J connectivity index is 1.85. The number of anilines is 1. The second kappa shape index (κ2) is 7.97. The molecule has 0 radical (unpaired) electrons. The predicted octanol–water partition coefficient (Wildman–Crippen LogP) is 2.77. The fourth-order valence-corrected chi connectivity index (χ4v) is 2.09. The lowest BCUT2D eigenvalue weighted by Gasteiger charge is -2.07. The van der Waals surface area contributed by atoms with E-state index in [0.717, 1.165) is 5.56 Å². The Kier molecular flexibility index (Phi) is 5.73. The topological polar surface area (TPSA) is 82.0 Å². The Morgan fingerprint density at radius 3 is 2.52 bits per heavy atom. The summed E-state index contributed by atoms with van der Waals surface area (Å²) < 4.78 is 0. The molecule has 2 rings (SSSR count). The van der Waals surface area contributed by atoms with Crippen LogP contribution in [-0.2, 0) is 11.2 Å². The van der Waals surface area contributed by atoms with Crippen molar-refractivity contribution in [1.82, 2.24) is 5.32 Å². The highest BCUT2D eigenvalue weighted by Gasteiger charge is 2.08. The zero-order valence-electron chi connectivity index (χ0n) is 12.2. The molecule has 23 heavy (non-hydrogen) atoms. The molecule has 0 aromatic heterocycles. The second-order valence-corrected chi connectivity index (χ2v) is 5.21. The van der Waals surface area contributed by atoms with E-state index in [1.807, 2.05) is 0 Å². The van der Waals surface area contributed by atoms with Gasteiger partial charge >= 0.3 is 0 Å². The second-order valence-electron chi connectivity index (χ2n) is 4.77. The zero-order chi connectivity index (χ0) is 16.7. The molecule has 5 nitrogen and oxygen atoms in total. The third-order valence-corrected chi connectivity index (χ3v) is 3.25. The van der Waals surface area contributed by atoms with Crippen molar-refractivity contribution < 1.29 is 9.59 Å². The lowest BCUT2D eigenvalue weighted by atomic mass is 10.1. The van der Waals surface area contributed by atoms with Crippen LogP contribution in [0.1, 0.15) is 15.9 Å². The molecule has 0 aliphatic heterocycles. The Bertz CT molecular complexity index is 751. The summed E-state index contributed by atoms with van der Waals surface area (Å²) in [5, 5.41) is 14.2. The standard InChI is InChI=1S/C17H14ClN3O2/c18-14-3-1-2-13(10-14)17(23)20-11-16(22)21-15-6-4-12(5-7-15)8-9-19/h1-7,10H,8,11H2,(H,20,23)(H,21,22). The van der Waals surface area contributed by atoms with Crippen molar-refractivity contribution in [2.24, 2.45) is 0 Å². The van der Waals surface area contributed by atoms with Gasteiger partial charge in [0.1, 0.15) is 0 Å². The van der Waals surface area contributed by atoms with E-state index in [0.29, 0.717) is 22.7 Å². The van der Waals surface area contributed by atoms with Crippen molar-refractivity contribution in [1.29, 1.82) is 5.26 Å². The smallest absolute Gasteiger partial charge is 0.251 e. The van der Waals surface area contributed by atoms with Gasteiger partial charge in [0.05, 0.1) is 19.0 Å². The lowest BCUT2D eigenvalue weighted by Crippen LogP contribution is -2.32. The normalized spacial score (nSPS) is 9.74. The summed E-state index contributed by atoms with van der Waals surface area (Å²) in [6, 6.07) is 15.5. The number of nitriles is 1. The number of carbonyl (C=O) groups excluding carboxylic acids is 2. The van der Waals surface area contributed by atoms with E-state index in [4.69, 9.17) is 16.9 Å². The molecule has 0 fully saturated rings. The summed E-state index contributed by atoms with van der Waals surface area (Å²) in [4.78, 5) is 23.7. The fourth-order valence-electron chi connectivity index (χ4n) is 1.89. The molecular weight excluding hydrogens is 314 g/mol. The number of amides is 2. The molecule has 0 atom stereocenters. The molecule has 2 amide bonds. The van der Waals surface area contributed by atoms with E-state index in [1.165, 1.54) is 6.07 Å². The fraction of sp³-hybridized carbons (Fsp3) is 0.118. The average Bonchev–Trinajstić information content (AvgIpc) is 2.55. The number of benzene rings is 2. The maximum absolute atomic E-state index is 11.9. The first-order chi connectivity index (χ1) is 11.1. The summed E-state index contributed by atoms with van der Waals surface area (Å²) in [6.07, 6.45) is 0.323. The van der Waals surface area contributed by atoms with E-state index in [9.17, 15) is 9.59 Å². The third kappa shape index (κ3) is 5.13. The average molecular weight is 328 g/mol. The highest BCUT2D eigenvalue weighted by atomic mass is 35.5. The number of rotatable bonds is 5. The van der Waals surface area contributed by atoms with Gasteiger partial charge in [0.25, 0.3) is 5.91 Å². The Morgan fingerprint density at radius 1 is 1.13 bits per heavy atom. The van der Waals surface area contributed by atoms with Gasteiger partial charge in [-0.2, -0.15) is 5.26 Å². The first kappa shape index (κ1) is 16.5. The molecule has 0 unspecified atom stereocenters. The Morgan fingerprint density at radius 2 is 1.87 bits per heavy atom. The molecule has 0 bridgehead atoms. The minimum absolute atomic E-state index is 0.148. The number of nitrogens with one attached hydrogen (secondary N) is 2. The molecule has 0 saturated carbocycles. The summed E-state index contributed by atoms with van der Waals surface area (Å²) in [7, 11) is 0. The van der Waals surface area contributed by atoms with Gasteiger partial charge in [0, 0.05) is 16.3 Å². The first-order valence-corrected chi connectivity index (χ1v) is 7.26. The van der Waals surface area contributed by atoms with Crippen molar-refractivity contribution in [3.05, 3.63) is 64.7 Å². The number of nitrogens with zero attached hydrogens (tertiary/aromatic N) is 1. The van der Waals surface area contributed by atoms with Crippen LogP contribution in [0.2, 0.25) is 5.02 Å². The zero-order valence-corrected chi connectivity index (χ0v) is 12.9. The summed E-state index contributed by atoms with van der Waals surface area (Å²) >= 11 is 5.81. The monoisotopic (exact) mass is 327 g/mol. The van der Waals surface area contributed by atoms with Crippen LogP contribution >= 0.6 is 11.6 Å². The van der Waals surface area contributed by atoms with Crippen LogP contribution in [0.15, 0.2) is 48.5 Å². The molecular formula is C17H14ClN3O2. The van der Waals surface area contributed by atoms with Gasteiger partial charge in [-0.25, -0.2) is 0 Å². The highest BCUT2D eigenvalue weighted by molar-refractivity contribution is 6.31. The summed E-state index contributed by atoms with van der Waals surface area (Å²) in [5.74, 6) is -0.708. The van der Waals surface area contributed by atoms with E-state index >= 15 is 0 Å². The van der Waals surface area contributed by atoms with E-state index in [1.54, 1.807) is 42.5 Å². The number of halogens is 1. The van der Waals surface area contributed by atoms with Crippen molar-refractivity contribution in [2.75, 3.05) is 11.9 Å². The maximum Gasteiger partial charge on any atom is 0.251 e. The maximum atomic E-state index is 11.9. The van der Waals surface area contributed by atoms with E-state index < -0.39 is 0 Å². The number of hydrogen-bond donors (Lipinski definition) is 2. The van der Waals surface area contributed by atoms with Gasteiger partial charge in [0.15, 0.2) is 0 Å². The van der Waals surface area contributed by atoms with Gasteiger partial charge < -0.3 is 10.6 Å². The SMILES string of the molecule is N#CCc1ccc(NC(=O)CNC(=O)c2cccc(Cl)c2)cc1. The molecule has 2 N–H and O–H groups in total. The molecule has 6 heteroatoms. The first-order valence-electron chi connectivity index (χ1n) is 6.88. The summed E-state index contributed by atoms with van der Waals surface area (Å²) in [5.41, 5.74) is 1.87. The van der Waals surface area contributed by atoms with Crippen LogP contribution < -0.4 is 10.6 Å². The third-order valence-electron chi connectivity index (χ3n) is 3.02. The van der Waals surface area contributed by atoms with Crippen LogP contribution in [-0.4, -0.2) is 18.4 Å². The van der Waals surface area contributed by atoms with E-state index in [2.05, 4.69) is 16.7 Å². The van der Waals surface area contributed by atoms with Crippen molar-refractivity contribution in [3.63, 3.8) is 0 Å². The molecule has 116 valence electrons. The predicted molar refractivity (Wildman–Crippen MR) is 88.2 cm³/mol. The van der Waals surface area contributed by atoms with Crippen molar-refractivity contribution in [3.8, 4) is 6.07 Å². The molecule has 0 heterocycles. The summed E-state index contributed by atoms with van der Waals surface area (Å²) in [6.45, 7) is -0.148. The van der Waals surface area contributed by atoms with Crippen LogP contribution in [0, 0.1) is 11.3 Å². The molecule has 2 aromatic carbocycles. The van der Waals surface area contributed by atoms with Gasteiger partial charge in [-0.1, -0.05) is 29.8 Å². The lowest BCUT2D eigenvalue weighted by molar-refractivity contribution is -0.115. The van der Waals surface area contributed by atoms with E-state index in [-0.39, 0.29) is 18.4 Å². The molecule has 0 saturated heterocycles. The molecule has 2 aromatic rings. The van der Waals surface area contributed by atoms with Gasteiger partial charge in [-0.05, 0) is 35.9 Å². The minimum atomic E-state index is -0.369. The Labute approximate surface area is 138 Å². The number of hydrogen-bond acceptors (Lipinski definition) is 3. The number of carbonyl (C=O) groups is 2. The van der Waals surface area contributed by atoms with Gasteiger partial charge in [-0.15, -0.1) is 0 Å². The molecule has 0 aliphatic rings. The van der Waals surface area contributed by atoms with Crippen LogP contribution in [0.5, 0.6) is 0 Å². The molecule has 0 aliphatic carbocycles. The molecule has 0 spiro atoms. The Hall–Kier alpha value is -2.84. The van der Waals surface area contributed by atoms with Gasteiger partial charge in [0.2, 0.25) is 5.91 Å². The van der Waals surface area contributed by atoms with Crippen molar-refractivity contribution in [2.45, 2.75) is 6.42 Å². The van der Waals surface area contributed by atoms with Crippen LogP contribution in [0.3, 0.4) is 0 Å². The quantitative estimate of drug-likeness (QED) is 0.886. The van der Waals surface area contributed by atoms with Crippen molar-refractivity contribution >= 4 is 29.1 Å². The van der Waals surface area contributed by atoms with Crippen LogP contribution in [0.25, 0.3) is 0 Å². The van der Waals surface area contributed by atoms with Crippen LogP contribution in [0.4, 0.5) is 5.69 Å². The highest BCUT2D eigenvalue weighted by Crippen LogP contribution is 2.11. The largest absolute Gasteiger partial charge is 0.343 e. The minimum Gasteiger partial charge on any atom is -0.343 e.